The number of rotatable bonds is 35. The highest BCUT2D eigenvalue weighted by molar-refractivity contribution is 5.76. The molecule has 4 nitrogen and oxygen atoms in total. The fourth-order valence-corrected chi connectivity index (χ4v) is 6.00. The predicted octanol–water partition coefficient (Wildman–Crippen LogP) is 11.5. The van der Waals surface area contributed by atoms with Gasteiger partial charge in [0.2, 0.25) is 5.91 Å². The number of hydrogen-bond acceptors (Lipinski definition) is 3. The molecule has 0 aliphatic heterocycles. The van der Waals surface area contributed by atoms with Crippen LogP contribution >= 0.6 is 0 Å². The molecule has 1 amide bonds. The van der Waals surface area contributed by atoms with Gasteiger partial charge in [-0.15, -0.1) is 0 Å². The Balaban J connectivity index is 3.58. The zero-order chi connectivity index (χ0) is 31.5. The highest BCUT2D eigenvalue weighted by Crippen LogP contribution is 2.15. The molecule has 0 radical (unpaired) electrons. The molecule has 0 saturated carbocycles. The summed E-state index contributed by atoms with van der Waals surface area (Å²) in [6, 6.07) is -0.614. The van der Waals surface area contributed by atoms with Crippen molar-refractivity contribution < 1.29 is 15.0 Å². The zero-order valence-electron chi connectivity index (χ0n) is 29.2. The summed E-state index contributed by atoms with van der Waals surface area (Å²) in [5.41, 5.74) is 0. The third-order valence-corrected chi connectivity index (χ3v) is 9.02. The Morgan fingerprint density at radius 2 is 0.860 bits per heavy atom. The van der Waals surface area contributed by atoms with E-state index in [9.17, 15) is 15.0 Å². The van der Waals surface area contributed by atoms with E-state index in [1.165, 1.54) is 167 Å². The molecule has 0 saturated heterocycles. The molecule has 0 bridgehead atoms. The molecule has 4 heteroatoms. The number of aliphatic hydroxyl groups is 2. The molecule has 0 aromatic carbocycles. The normalized spacial score (nSPS) is 13.1. The maximum Gasteiger partial charge on any atom is 0.220 e. The lowest BCUT2D eigenvalue weighted by Gasteiger charge is -2.20. The fourth-order valence-electron chi connectivity index (χ4n) is 6.00. The molecule has 3 N–H and O–H groups in total. The first-order chi connectivity index (χ1) is 21.2. The topological polar surface area (TPSA) is 69.6 Å². The van der Waals surface area contributed by atoms with E-state index in [1.54, 1.807) is 6.08 Å². The monoisotopic (exact) mass is 608 g/mol. The van der Waals surface area contributed by atoms with Crippen LogP contribution in [-0.4, -0.2) is 34.9 Å². The van der Waals surface area contributed by atoms with Crippen molar-refractivity contribution in [1.82, 2.24) is 5.32 Å². The molecule has 256 valence electrons. The molecule has 0 fully saturated rings. The summed E-state index contributed by atoms with van der Waals surface area (Å²) < 4.78 is 0. The molecule has 43 heavy (non-hydrogen) atoms. The first kappa shape index (κ1) is 42.1. The van der Waals surface area contributed by atoms with Gasteiger partial charge in [-0.3, -0.25) is 4.79 Å². The molecule has 0 aromatic heterocycles. The predicted molar refractivity (Wildman–Crippen MR) is 189 cm³/mol. The number of carbonyl (C=O) groups is 1. The number of allylic oxidation sites excluding steroid dienone is 1. The van der Waals surface area contributed by atoms with Gasteiger partial charge in [0.1, 0.15) is 0 Å². The molecule has 2 atom stereocenters. The smallest absolute Gasteiger partial charge is 0.220 e. The fraction of sp³-hybridized carbons (Fsp3) is 0.923. The second-order valence-corrected chi connectivity index (χ2v) is 13.4. The minimum absolute atomic E-state index is 0.0619. The average molecular weight is 608 g/mol. The van der Waals surface area contributed by atoms with E-state index in [0.717, 1.165) is 25.7 Å². The summed E-state index contributed by atoms with van der Waals surface area (Å²) in [7, 11) is 0. The lowest BCUT2D eigenvalue weighted by Crippen LogP contribution is -2.45. The molecular formula is C39H77NO3. The summed E-state index contributed by atoms with van der Waals surface area (Å²) in [6.07, 6.45) is 43.0. The quantitative estimate of drug-likeness (QED) is 0.0496. The number of amides is 1. The van der Waals surface area contributed by atoms with Crippen molar-refractivity contribution in [3.8, 4) is 0 Å². The van der Waals surface area contributed by atoms with Gasteiger partial charge in [-0.05, 0) is 19.3 Å². The molecule has 0 aromatic rings. The number of nitrogens with one attached hydrogen (secondary N) is 1. The first-order valence-corrected chi connectivity index (χ1v) is 19.4. The Hall–Kier alpha value is -0.870. The third kappa shape index (κ3) is 32.3. The van der Waals surface area contributed by atoms with Crippen LogP contribution in [0.1, 0.15) is 213 Å². The Morgan fingerprint density at radius 3 is 1.21 bits per heavy atom. The van der Waals surface area contributed by atoms with E-state index >= 15 is 0 Å². The van der Waals surface area contributed by atoms with Crippen LogP contribution in [0.2, 0.25) is 0 Å². The summed E-state index contributed by atoms with van der Waals surface area (Å²) in [5, 5.41) is 22.9. The van der Waals surface area contributed by atoms with E-state index in [4.69, 9.17) is 0 Å². The van der Waals surface area contributed by atoms with Crippen LogP contribution in [0.5, 0.6) is 0 Å². The second kappa shape index (κ2) is 35.6. The Morgan fingerprint density at radius 1 is 0.535 bits per heavy atom. The number of unbranched alkanes of at least 4 members (excludes halogenated alkanes) is 28. The molecular weight excluding hydrogens is 530 g/mol. The Bertz CT molecular complexity index is 579. The number of hydrogen-bond donors (Lipinski definition) is 3. The molecule has 0 unspecified atom stereocenters. The average Bonchev–Trinajstić information content (AvgIpc) is 3.01. The maximum atomic E-state index is 12.3. The van der Waals surface area contributed by atoms with Crippen LogP contribution in [0.3, 0.4) is 0 Å². The van der Waals surface area contributed by atoms with E-state index in [2.05, 4.69) is 19.2 Å². The van der Waals surface area contributed by atoms with Gasteiger partial charge in [0, 0.05) is 6.42 Å². The summed E-state index contributed by atoms with van der Waals surface area (Å²) in [6.45, 7) is 4.31. The molecule has 0 heterocycles. The molecule has 0 aliphatic rings. The van der Waals surface area contributed by atoms with Gasteiger partial charge in [-0.1, -0.05) is 199 Å². The van der Waals surface area contributed by atoms with Crippen molar-refractivity contribution in [3.63, 3.8) is 0 Å². The van der Waals surface area contributed by atoms with Crippen LogP contribution in [0, 0.1) is 0 Å². The SMILES string of the molecule is CCCCCCCCCCCCCCCC/C=C/[C@@H](O)[C@H](CO)NC(=O)CCCCCCCCCCCCCCCCC. The summed E-state index contributed by atoms with van der Waals surface area (Å²) in [5.74, 6) is -0.0619. The van der Waals surface area contributed by atoms with Crippen molar-refractivity contribution in [2.24, 2.45) is 0 Å². The van der Waals surface area contributed by atoms with Crippen molar-refractivity contribution in [3.05, 3.63) is 12.2 Å². The lowest BCUT2D eigenvalue weighted by molar-refractivity contribution is -0.123. The minimum Gasteiger partial charge on any atom is -0.394 e. The van der Waals surface area contributed by atoms with Crippen LogP contribution in [0.4, 0.5) is 0 Å². The van der Waals surface area contributed by atoms with Crippen molar-refractivity contribution >= 4 is 5.91 Å². The second-order valence-electron chi connectivity index (χ2n) is 13.4. The molecule has 0 spiro atoms. The highest BCUT2D eigenvalue weighted by atomic mass is 16.3. The highest BCUT2D eigenvalue weighted by Gasteiger charge is 2.17. The van der Waals surface area contributed by atoms with Crippen LogP contribution in [0.15, 0.2) is 12.2 Å². The lowest BCUT2D eigenvalue weighted by atomic mass is 10.0. The molecule has 0 aliphatic carbocycles. The molecule has 0 rings (SSSR count). The van der Waals surface area contributed by atoms with Gasteiger partial charge in [0.25, 0.3) is 0 Å². The Labute approximate surface area is 269 Å². The van der Waals surface area contributed by atoms with Crippen LogP contribution in [-0.2, 0) is 4.79 Å². The summed E-state index contributed by atoms with van der Waals surface area (Å²) >= 11 is 0. The van der Waals surface area contributed by atoms with Crippen molar-refractivity contribution in [2.45, 2.75) is 225 Å². The number of aliphatic hydroxyl groups excluding tert-OH is 2. The van der Waals surface area contributed by atoms with Gasteiger partial charge in [-0.2, -0.15) is 0 Å². The maximum absolute atomic E-state index is 12.3. The van der Waals surface area contributed by atoms with E-state index in [1.807, 2.05) is 6.08 Å². The first-order valence-electron chi connectivity index (χ1n) is 19.4. The number of carbonyl (C=O) groups excluding carboxylic acids is 1. The zero-order valence-corrected chi connectivity index (χ0v) is 29.2. The van der Waals surface area contributed by atoms with Crippen molar-refractivity contribution in [2.75, 3.05) is 6.61 Å². The van der Waals surface area contributed by atoms with Crippen LogP contribution in [0.25, 0.3) is 0 Å². The Kier molecular flexibility index (Phi) is 34.9. The largest absolute Gasteiger partial charge is 0.394 e. The van der Waals surface area contributed by atoms with E-state index < -0.39 is 12.1 Å². The summed E-state index contributed by atoms with van der Waals surface area (Å²) in [4.78, 5) is 12.3. The van der Waals surface area contributed by atoms with Gasteiger partial charge in [0.15, 0.2) is 0 Å². The van der Waals surface area contributed by atoms with Gasteiger partial charge in [-0.25, -0.2) is 0 Å². The van der Waals surface area contributed by atoms with E-state index in [0.29, 0.717) is 6.42 Å². The van der Waals surface area contributed by atoms with Gasteiger partial charge in [0.05, 0.1) is 18.8 Å². The standard InChI is InChI=1S/C39H77NO3/c1-3-5-7-9-11-13-15-17-19-21-22-24-26-28-30-32-34-38(42)37(36-41)40-39(43)35-33-31-29-27-25-23-20-18-16-14-12-10-8-6-4-2/h32,34,37-38,41-42H,3-31,33,35-36H2,1-2H3,(H,40,43)/b34-32+/t37-,38+/m0/s1. The van der Waals surface area contributed by atoms with Gasteiger partial charge < -0.3 is 15.5 Å². The van der Waals surface area contributed by atoms with Gasteiger partial charge >= 0.3 is 0 Å². The minimum atomic E-state index is -0.832. The van der Waals surface area contributed by atoms with Crippen LogP contribution < -0.4 is 5.32 Å². The van der Waals surface area contributed by atoms with E-state index in [-0.39, 0.29) is 12.5 Å². The van der Waals surface area contributed by atoms with Crippen molar-refractivity contribution in [1.29, 1.82) is 0 Å². The third-order valence-electron chi connectivity index (χ3n) is 9.02.